The highest BCUT2D eigenvalue weighted by molar-refractivity contribution is 14.1. The summed E-state index contributed by atoms with van der Waals surface area (Å²) < 4.78 is 14.0. The van der Waals surface area contributed by atoms with Gasteiger partial charge in [-0.3, -0.25) is 0 Å². The summed E-state index contributed by atoms with van der Waals surface area (Å²) in [6.07, 6.45) is 1.85. The van der Waals surface area contributed by atoms with Crippen molar-refractivity contribution in [3.8, 4) is 11.4 Å². The van der Waals surface area contributed by atoms with Crippen LogP contribution in [0.1, 0.15) is 24.6 Å². The molecule has 1 aromatic carbocycles. The molecule has 5 heteroatoms. The summed E-state index contributed by atoms with van der Waals surface area (Å²) in [5, 5.41) is 0. The van der Waals surface area contributed by atoms with Gasteiger partial charge in [0.15, 0.2) is 5.82 Å². The van der Waals surface area contributed by atoms with Crippen molar-refractivity contribution in [2.24, 2.45) is 0 Å². The summed E-state index contributed by atoms with van der Waals surface area (Å²) in [4.78, 5) is 8.88. The molecule has 0 aliphatic rings. The number of anilines is 1. The van der Waals surface area contributed by atoms with Crippen LogP contribution in [-0.4, -0.2) is 9.97 Å². The average Bonchev–Trinajstić information content (AvgIpc) is 2.35. The summed E-state index contributed by atoms with van der Waals surface area (Å²) in [5.41, 5.74) is 8.52. The molecular weight excluding hydrogens is 356 g/mol. The van der Waals surface area contributed by atoms with Gasteiger partial charge >= 0.3 is 0 Å². The van der Waals surface area contributed by atoms with E-state index >= 15 is 0 Å². The largest absolute Gasteiger partial charge is 0.383 e. The Bertz CT molecular complexity index is 614. The fourth-order valence-corrected chi connectivity index (χ4v) is 2.42. The van der Waals surface area contributed by atoms with E-state index in [4.69, 9.17) is 5.73 Å². The predicted octanol–water partition coefficient (Wildman–Crippen LogP) is 3.73. The molecule has 0 bridgehead atoms. The van der Waals surface area contributed by atoms with E-state index in [0.717, 1.165) is 33.2 Å². The number of nitrogens with two attached hydrogens (primary N) is 1. The number of aryl methyl sites for hydroxylation is 2. The minimum absolute atomic E-state index is 0.256. The first-order valence-electron chi connectivity index (χ1n) is 6.11. The first-order valence-corrected chi connectivity index (χ1v) is 7.19. The molecule has 0 saturated carbocycles. The van der Waals surface area contributed by atoms with Crippen LogP contribution in [0.3, 0.4) is 0 Å². The Morgan fingerprint density at radius 2 is 2.05 bits per heavy atom. The van der Waals surface area contributed by atoms with Gasteiger partial charge in [0.1, 0.15) is 11.6 Å². The predicted molar refractivity (Wildman–Crippen MR) is 83.3 cm³/mol. The molecule has 0 atom stereocenters. The second-order valence-corrected chi connectivity index (χ2v) is 5.48. The van der Waals surface area contributed by atoms with Crippen LogP contribution < -0.4 is 5.73 Å². The molecule has 0 saturated heterocycles. The van der Waals surface area contributed by atoms with Crippen LogP contribution in [0.15, 0.2) is 18.2 Å². The minimum Gasteiger partial charge on any atom is -0.383 e. The molecule has 3 nitrogen and oxygen atoms in total. The number of hydrogen-bond donors (Lipinski definition) is 1. The van der Waals surface area contributed by atoms with Crippen molar-refractivity contribution in [2.45, 2.75) is 26.7 Å². The number of benzene rings is 1. The quantitative estimate of drug-likeness (QED) is 0.837. The zero-order chi connectivity index (χ0) is 14.0. The molecule has 0 spiro atoms. The van der Waals surface area contributed by atoms with Gasteiger partial charge < -0.3 is 5.73 Å². The van der Waals surface area contributed by atoms with Gasteiger partial charge in [0.05, 0.1) is 9.26 Å². The van der Waals surface area contributed by atoms with Gasteiger partial charge in [-0.25, -0.2) is 14.4 Å². The lowest BCUT2D eigenvalue weighted by molar-refractivity contribution is 0.627. The molecule has 0 radical (unpaired) electrons. The maximum atomic E-state index is 13.1. The van der Waals surface area contributed by atoms with Crippen LogP contribution in [-0.2, 0) is 6.42 Å². The van der Waals surface area contributed by atoms with Crippen LogP contribution in [0.5, 0.6) is 0 Å². The molecule has 1 heterocycles. The number of hydrogen-bond acceptors (Lipinski definition) is 3. The molecule has 2 aromatic rings. The van der Waals surface area contributed by atoms with E-state index in [-0.39, 0.29) is 5.82 Å². The van der Waals surface area contributed by atoms with Crippen LogP contribution in [0.2, 0.25) is 0 Å². The first kappa shape index (κ1) is 14.2. The molecule has 1 aromatic heterocycles. The Kier molecular flexibility index (Phi) is 4.34. The fraction of sp³-hybridized carbons (Fsp3) is 0.286. The maximum absolute atomic E-state index is 13.1. The molecule has 0 fully saturated rings. The van der Waals surface area contributed by atoms with E-state index in [1.165, 1.54) is 12.1 Å². The smallest absolute Gasteiger partial charge is 0.162 e. The second kappa shape index (κ2) is 5.81. The normalized spacial score (nSPS) is 10.7. The van der Waals surface area contributed by atoms with Crippen molar-refractivity contribution >= 4 is 28.4 Å². The summed E-state index contributed by atoms with van der Waals surface area (Å²) in [6, 6.07) is 4.59. The third kappa shape index (κ3) is 3.02. The van der Waals surface area contributed by atoms with Crippen LogP contribution >= 0.6 is 22.6 Å². The Balaban J connectivity index is 2.56. The van der Waals surface area contributed by atoms with Gasteiger partial charge in [0.25, 0.3) is 0 Å². The van der Waals surface area contributed by atoms with E-state index in [9.17, 15) is 4.39 Å². The Hall–Kier alpha value is -1.24. The van der Waals surface area contributed by atoms with Crippen LogP contribution in [0.4, 0.5) is 10.2 Å². The SMILES string of the molecule is CCCc1nc(-c2ccc(F)cc2C)nc(N)c1I. The fourth-order valence-electron chi connectivity index (χ4n) is 1.91. The van der Waals surface area contributed by atoms with Gasteiger partial charge in [-0.15, -0.1) is 0 Å². The minimum atomic E-state index is -0.256. The number of aromatic nitrogens is 2. The zero-order valence-corrected chi connectivity index (χ0v) is 13.0. The van der Waals surface area contributed by atoms with Gasteiger partial charge in [-0.1, -0.05) is 13.3 Å². The summed E-state index contributed by atoms with van der Waals surface area (Å²) in [7, 11) is 0. The monoisotopic (exact) mass is 371 g/mol. The molecule has 2 N–H and O–H groups in total. The Labute approximate surface area is 125 Å². The Morgan fingerprint density at radius 1 is 1.32 bits per heavy atom. The molecule has 19 heavy (non-hydrogen) atoms. The standard InChI is InChI=1S/C14H15FIN3/c1-3-4-11-12(16)13(17)19-14(18-11)10-6-5-9(15)7-8(10)2/h5-7H,3-4H2,1-2H3,(H2,17,18,19). The van der Waals surface area contributed by atoms with Crippen molar-refractivity contribution in [3.05, 3.63) is 38.8 Å². The lowest BCUT2D eigenvalue weighted by Crippen LogP contribution is -2.05. The van der Waals surface area contributed by atoms with E-state index in [1.807, 2.05) is 6.92 Å². The lowest BCUT2D eigenvalue weighted by atomic mass is 10.1. The average molecular weight is 371 g/mol. The van der Waals surface area contributed by atoms with E-state index in [1.54, 1.807) is 6.07 Å². The molecular formula is C14H15FIN3. The first-order chi connectivity index (χ1) is 9.02. The van der Waals surface area contributed by atoms with Gasteiger partial charge in [-0.05, 0) is 59.7 Å². The maximum Gasteiger partial charge on any atom is 0.162 e. The van der Waals surface area contributed by atoms with Crippen molar-refractivity contribution in [2.75, 3.05) is 5.73 Å². The van der Waals surface area contributed by atoms with Crippen LogP contribution in [0, 0.1) is 16.3 Å². The lowest BCUT2D eigenvalue weighted by Gasteiger charge is -2.10. The summed E-state index contributed by atoms with van der Waals surface area (Å²) in [6.45, 7) is 3.94. The topological polar surface area (TPSA) is 51.8 Å². The third-order valence-electron chi connectivity index (χ3n) is 2.86. The van der Waals surface area contributed by atoms with Gasteiger partial charge in [0.2, 0.25) is 0 Å². The molecule has 0 amide bonds. The van der Waals surface area contributed by atoms with Gasteiger partial charge in [0, 0.05) is 5.56 Å². The van der Waals surface area contributed by atoms with Crippen LogP contribution in [0.25, 0.3) is 11.4 Å². The highest BCUT2D eigenvalue weighted by atomic mass is 127. The van der Waals surface area contributed by atoms with Crippen molar-refractivity contribution < 1.29 is 4.39 Å². The zero-order valence-electron chi connectivity index (χ0n) is 10.9. The third-order valence-corrected chi connectivity index (χ3v) is 4.04. The van der Waals surface area contributed by atoms with E-state index in [2.05, 4.69) is 39.5 Å². The summed E-state index contributed by atoms with van der Waals surface area (Å²) in [5.74, 6) is 0.796. The number of halogens is 2. The van der Waals surface area contributed by atoms with Gasteiger partial charge in [-0.2, -0.15) is 0 Å². The Morgan fingerprint density at radius 3 is 2.68 bits per heavy atom. The highest BCUT2D eigenvalue weighted by Crippen LogP contribution is 2.25. The van der Waals surface area contributed by atoms with Crippen molar-refractivity contribution in [3.63, 3.8) is 0 Å². The highest BCUT2D eigenvalue weighted by Gasteiger charge is 2.12. The molecule has 2 rings (SSSR count). The van der Waals surface area contributed by atoms with Crippen molar-refractivity contribution in [1.82, 2.24) is 9.97 Å². The summed E-state index contributed by atoms with van der Waals surface area (Å²) >= 11 is 2.17. The number of rotatable bonds is 3. The number of nitrogen functional groups attached to an aromatic ring is 1. The van der Waals surface area contributed by atoms with E-state index < -0.39 is 0 Å². The molecule has 0 aliphatic heterocycles. The molecule has 0 unspecified atom stereocenters. The molecule has 0 aliphatic carbocycles. The van der Waals surface area contributed by atoms with E-state index in [0.29, 0.717) is 11.6 Å². The molecule has 100 valence electrons. The second-order valence-electron chi connectivity index (χ2n) is 4.40. The number of nitrogens with zero attached hydrogens (tertiary/aromatic N) is 2. The van der Waals surface area contributed by atoms with Crippen molar-refractivity contribution in [1.29, 1.82) is 0 Å².